The van der Waals surface area contributed by atoms with E-state index in [4.69, 9.17) is 9.47 Å². The number of sulfone groups is 1. The maximum absolute atomic E-state index is 11.0. The highest BCUT2D eigenvalue weighted by Crippen LogP contribution is 2.16. The van der Waals surface area contributed by atoms with Crippen molar-refractivity contribution in [1.29, 1.82) is 0 Å². The summed E-state index contributed by atoms with van der Waals surface area (Å²) in [7, 11) is 0.350. The van der Waals surface area contributed by atoms with Crippen LogP contribution in [0.3, 0.4) is 0 Å². The topological polar surface area (TPSA) is 89.0 Å². The summed E-state index contributed by atoms with van der Waals surface area (Å²) in [5.41, 5.74) is 1.03. The minimum Gasteiger partial charge on any atom is -0.496 e. The van der Waals surface area contributed by atoms with Gasteiger partial charge in [0.05, 0.1) is 26.1 Å². The first-order valence-electron chi connectivity index (χ1n) is 7.28. The van der Waals surface area contributed by atoms with E-state index in [0.29, 0.717) is 25.7 Å². The zero-order valence-corrected chi connectivity index (χ0v) is 17.4. The number of guanidine groups is 1. The summed E-state index contributed by atoms with van der Waals surface area (Å²) in [6.07, 6.45) is 1.19. The van der Waals surface area contributed by atoms with E-state index in [0.717, 1.165) is 11.3 Å². The van der Waals surface area contributed by atoms with Gasteiger partial charge in [-0.05, 0) is 6.07 Å². The Morgan fingerprint density at radius 2 is 1.92 bits per heavy atom. The minimum absolute atomic E-state index is 0. The maximum atomic E-state index is 11.0. The van der Waals surface area contributed by atoms with Crippen LogP contribution >= 0.6 is 24.0 Å². The third-order valence-electron chi connectivity index (χ3n) is 3.00. The molecular formula is C15H26IN3O4S. The molecule has 0 saturated carbocycles. The van der Waals surface area contributed by atoms with Gasteiger partial charge in [0.1, 0.15) is 15.6 Å². The number of hydrogen-bond acceptors (Lipinski definition) is 5. The van der Waals surface area contributed by atoms with Gasteiger partial charge in [-0.2, -0.15) is 0 Å². The molecule has 24 heavy (non-hydrogen) atoms. The molecule has 0 amide bonds. The minimum atomic E-state index is -2.97. The summed E-state index contributed by atoms with van der Waals surface area (Å²) < 4.78 is 32.5. The van der Waals surface area contributed by atoms with Gasteiger partial charge in [-0.25, -0.2) is 8.42 Å². The van der Waals surface area contributed by atoms with Crippen LogP contribution in [-0.2, 0) is 21.1 Å². The lowest BCUT2D eigenvalue weighted by molar-refractivity contribution is 0.154. The lowest BCUT2D eigenvalue weighted by Crippen LogP contribution is -2.38. The molecule has 1 aromatic rings. The van der Waals surface area contributed by atoms with Gasteiger partial charge in [-0.3, -0.25) is 4.99 Å². The maximum Gasteiger partial charge on any atom is 0.191 e. The van der Waals surface area contributed by atoms with Gasteiger partial charge < -0.3 is 20.1 Å². The Labute approximate surface area is 161 Å². The second-order valence-corrected chi connectivity index (χ2v) is 7.17. The van der Waals surface area contributed by atoms with Crippen LogP contribution in [0.2, 0.25) is 0 Å². The van der Waals surface area contributed by atoms with Crippen LogP contribution < -0.4 is 15.4 Å². The van der Waals surface area contributed by atoms with Crippen LogP contribution in [0, 0.1) is 0 Å². The normalized spacial score (nSPS) is 11.5. The number of benzene rings is 1. The first-order chi connectivity index (χ1) is 11.0. The second-order valence-electron chi connectivity index (χ2n) is 4.91. The number of nitrogens with zero attached hydrogens (tertiary/aromatic N) is 1. The lowest BCUT2D eigenvalue weighted by atomic mass is 10.2. The van der Waals surface area contributed by atoms with Crippen molar-refractivity contribution in [2.75, 3.05) is 45.9 Å². The Bertz CT molecular complexity index is 608. The van der Waals surface area contributed by atoms with Crippen molar-refractivity contribution >= 4 is 39.8 Å². The van der Waals surface area contributed by atoms with Crippen LogP contribution in [0.1, 0.15) is 5.56 Å². The van der Waals surface area contributed by atoms with Gasteiger partial charge in [-0.1, -0.05) is 18.2 Å². The zero-order valence-electron chi connectivity index (χ0n) is 14.2. The molecule has 0 atom stereocenters. The smallest absolute Gasteiger partial charge is 0.191 e. The van der Waals surface area contributed by atoms with Crippen molar-refractivity contribution in [3.05, 3.63) is 29.8 Å². The van der Waals surface area contributed by atoms with Crippen molar-refractivity contribution in [2.24, 2.45) is 4.99 Å². The highest BCUT2D eigenvalue weighted by Gasteiger charge is 2.04. The van der Waals surface area contributed by atoms with E-state index in [9.17, 15) is 8.42 Å². The highest BCUT2D eigenvalue weighted by molar-refractivity contribution is 14.0. The zero-order chi connectivity index (χ0) is 17.1. The summed E-state index contributed by atoms with van der Waals surface area (Å²) in [4.78, 5) is 4.12. The van der Waals surface area contributed by atoms with Gasteiger partial charge in [0.15, 0.2) is 5.96 Å². The monoisotopic (exact) mass is 471 g/mol. The van der Waals surface area contributed by atoms with Crippen molar-refractivity contribution in [3.8, 4) is 5.75 Å². The molecule has 0 spiro atoms. The summed E-state index contributed by atoms with van der Waals surface area (Å²) >= 11 is 0. The fourth-order valence-corrected chi connectivity index (χ4v) is 2.22. The average molecular weight is 471 g/mol. The third-order valence-corrected chi connectivity index (χ3v) is 3.91. The Kier molecular flexibility index (Phi) is 11.8. The fraction of sp³-hybridized carbons (Fsp3) is 0.533. The molecule has 0 bridgehead atoms. The number of aliphatic imine (C=N–C) groups is 1. The van der Waals surface area contributed by atoms with E-state index in [1.165, 1.54) is 6.26 Å². The van der Waals surface area contributed by atoms with Gasteiger partial charge in [0, 0.05) is 32.0 Å². The van der Waals surface area contributed by atoms with Crippen molar-refractivity contribution < 1.29 is 17.9 Å². The molecule has 0 aliphatic rings. The number of methoxy groups -OCH3 is 1. The largest absolute Gasteiger partial charge is 0.496 e. The molecule has 0 saturated heterocycles. The van der Waals surface area contributed by atoms with Gasteiger partial charge in [0.2, 0.25) is 0 Å². The number of halogens is 1. The molecule has 0 fully saturated rings. The van der Waals surface area contributed by atoms with E-state index in [1.54, 1.807) is 14.2 Å². The Morgan fingerprint density at radius 1 is 1.21 bits per heavy atom. The van der Waals surface area contributed by atoms with Gasteiger partial charge in [-0.15, -0.1) is 24.0 Å². The SMILES string of the molecule is CN=C(NCCOCCS(C)(=O)=O)NCc1ccccc1OC.I. The molecule has 0 aromatic heterocycles. The molecule has 0 radical (unpaired) electrons. The number of hydrogen-bond donors (Lipinski definition) is 2. The van der Waals surface area contributed by atoms with Crippen molar-refractivity contribution in [2.45, 2.75) is 6.54 Å². The predicted octanol–water partition coefficient (Wildman–Crippen LogP) is 1.04. The third kappa shape index (κ3) is 9.93. The first kappa shape index (κ1) is 22.9. The van der Waals surface area contributed by atoms with E-state index < -0.39 is 9.84 Å². The molecule has 0 aliphatic carbocycles. The van der Waals surface area contributed by atoms with Crippen LogP contribution in [0.15, 0.2) is 29.3 Å². The fourth-order valence-electron chi connectivity index (χ4n) is 1.80. The summed E-state index contributed by atoms with van der Waals surface area (Å²) in [5.74, 6) is 1.50. The van der Waals surface area contributed by atoms with E-state index >= 15 is 0 Å². The molecule has 0 unspecified atom stereocenters. The summed E-state index contributed by atoms with van der Waals surface area (Å²) in [5, 5.41) is 6.28. The van der Waals surface area contributed by atoms with E-state index in [-0.39, 0.29) is 36.3 Å². The number of rotatable bonds is 9. The second kappa shape index (κ2) is 12.3. The van der Waals surface area contributed by atoms with Gasteiger partial charge >= 0.3 is 0 Å². The molecule has 9 heteroatoms. The van der Waals surface area contributed by atoms with Crippen LogP contribution in [-0.4, -0.2) is 60.3 Å². The molecule has 7 nitrogen and oxygen atoms in total. The molecule has 0 aliphatic heterocycles. The van der Waals surface area contributed by atoms with Gasteiger partial charge in [0.25, 0.3) is 0 Å². The molecule has 1 aromatic carbocycles. The number of ether oxygens (including phenoxy) is 2. The Morgan fingerprint density at radius 3 is 2.54 bits per heavy atom. The highest BCUT2D eigenvalue weighted by atomic mass is 127. The van der Waals surface area contributed by atoms with Crippen LogP contribution in [0.25, 0.3) is 0 Å². The van der Waals surface area contributed by atoms with Crippen molar-refractivity contribution in [3.63, 3.8) is 0 Å². The Hall–Kier alpha value is -1.07. The molecule has 138 valence electrons. The summed E-state index contributed by atoms with van der Waals surface area (Å²) in [6.45, 7) is 1.73. The average Bonchev–Trinajstić information content (AvgIpc) is 2.52. The lowest BCUT2D eigenvalue weighted by Gasteiger charge is -2.13. The van der Waals surface area contributed by atoms with E-state index in [1.807, 2.05) is 24.3 Å². The predicted molar refractivity (Wildman–Crippen MR) is 107 cm³/mol. The standard InChI is InChI=1S/C15H25N3O4S.HI/c1-16-15(17-8-9-22-10-11-23(3,19)20)18-12-13-6-4-5-7-14(13)21-2;/h4-7H,8-12H2,1-3H3,(H2,16,17,18);1H. The number of para-hydroxylation sites is 1. The molecular weight excluding hydrogens is 445 g/mol. The molecule has 0 heterocycles. The quantitative estimate of drug-likeness (QED) is 0.242. The molecule has 2 N–H and O–H groups in total. The molecule has 1 rings (SSSR count). The van der Waals surface area contributed by atoms with Crippen LogP contribution in [0.4, 0.5) is 0 Å². The van der Waals surface area contributed by atoms with E-state index in [2.05, 4.69) is 15.6 Å². The van der Waals surface area contributed by atoms with Crippen LogP contribution in [0.5, 0.6) is 5.75 Å². The first-order valence-corrected chi connectivity index (χ1v) is 9.34. The summed E-state index contributed by atoms with van der Waals surface area (Å²) in [6, 6.07) is 7.75. The number of nitrogens with one attached hydrogen (secondary N) is 2. The van der Waals surface area contributed by atoms with Crippen molar-refractivity contribution in [1.82, 2.24) is 10.6 Å². The Balaban J connectivity index is 0.00000529.